The van der Waals surface area contributed by atoms with E-state index in [1.165, 1.54) is 0 Å². The maximum absolute atomic E-state index is 8.92. The first kappa shape index (κ1) is 12.0. The number of hydrogen-bond donors (Lipinski definition) is 1. The van der Waals surface area contributed by atoms with Crippen molar-refractivity contribution in [2.45, 2.75) is 20.8 Å². The second-order valence-corrected chi connectivity index (χ2v) is 5.49. The van der Waals surface area contributed by atoms with Crippen molar-refractivity contribution in [2.24, 2.45) is 5.41 Å². The fraction of sp³-hybridized carbons (Fsp3) is 0.455. The summed E-state index contributed by atoms with van der Waals surface area (Å²) in [7, 11) is 0. The summed E-state index contributed by atoms with van der Waals surface area (Å²) in [4.78, 5) is 4.17. The molecule has 0 aliphatic heterocycles. The molecular formula is C11H14BrN3. The van der Waals surface area contributed by atoms with Crippen molar-refractivity contribution in [2.75, 3.05) is 11.9 Å². The Hall–Kier alpha value is -1.08. The Morgan fingerprint density at radius 1 is 1.53 bits per heavy atom. The fourth-order valence-electron chi connectivity index (χ4n) is 1.01. The minimum absolute atomic E-state index is 0.168. The third kappa shape index (κ3) is 3.88. The van der Waals surface area contributed by atoms with Gasteiger partial charge in [0.15, 0.2) is 0 Å². The van der Waals surface area contributed by atoms with Crippen molar-refractivity contribution < 1.29 is 0 Å². The van der Waals surface area contributed by atoms with Crippen LogP contribution in [0.25, 0.3) is 0 Å². The molecule has 3 nitrogen and oxygen atoms in total. The fourth-order valence-corrected chi connectivity index (χ4v) is 1.35. The lowest BCUT2D eigenvalue weighted by Gasteiger charge is -2.19. The Morgan fingerprint density at radius 2 is 2.20 bits per heavy atom. The highest BCUT2D eigenvalue weighted by molar-refractivity contribution is 9.10. The highest BCUT2D eigenvalue weighted by Gasteiger charge is 2.11. The van der Waals surface area contributed by atoms with Crippen molar-refractivity contribution in [3.63, 3.8) is 0 Å². The number of hydrogen-bond acceptors (Lipinski definition) is 3. The number of anilines is 1. The lowest BCUT2D eigenvalue weighted by atomic mass is 9.97. The van der Waals surface area contributed by atoms with E-state index in [-0.39, 0.29) is 5.41 Å². The molecule has 0 aromatic carbocycles. The maximum Gasteiger partial charge on any atom is 0.143 e. The summed E-state index contributed by atoms with van der Waals surface area (Å²) in [5.41, 5.74) is 0.732. The number of nitriles is 1. The lowest BCUT2D eigenvalue weighted by molar-refractivity contribution is 0.442. The summed E-state index contributed by atoms with van der Waals surface area (Å²) >= 11 is 3.29. The first-order chi connectivity index (χ1) is 6.92. The number of rotatable bonds is 2. The van der Waals surface area contributed by atoms with Gasteiger partial charge in [0.05, 0.1) is 5.56 Å². The van der Waals surface area contributed by atoms with Gasteiger partial charge >= 0.3 is 0 Å². The molecule has 0 fully saturated rings. The van der Waals surface area contributed by atoms with Crippen LogP contribution < -0.4 is 5.32 Å². The van der Waals surface area contributed by atoms with Gasteiger partial charge in [-0.1, -0.05) is 20.8 Å². The van der Waals surface area contributed by atoms with Gasteiger partial charge in [-0.05, 0) is 27.4 Å². The standard InChI is InChI=1S/C11H14BrN3/c1-11(2,3)7-15-10-8(5-13)4-9(12)6-14-10/h4,6H,7H2,1-3H3,(H,14,15). The summed E-state index contributed by atoms with van der Waals surface area (Å²) in [6.07, 6.45) is 1.69. The van der Waals surface area contributed by atoms with Gasteiger partial charge in [0, 0.05) is 17.2 Å². The zero-order valence-electron chi connectivity index (χ0n) is 9.13. The smallest absolute Gasteiger partial charge is 0.143 e. The highest BCUT2D eigenvalue weighted by Crippen LogP contribution is 2.19. The number of nitrogens with zero attached hydrogens (tertiary/aromatic N) is 2. The Balaban J connectivity index is 2.82. The summed E-state index contributed by atoms with van der Waals surface area (Å²) in [5, 5.41) is 12.1. The van der Waals surface area contributed by atoms with E-state index >= 15 is 0 Å². The van der Waals surface area contributed by atoms with Crippen LogP contribution in [0.1, 0.15) is 26.3 Å². The average molecular weight is 268 g/mol. The van der Waals surface area contributed by atoms with E-state index in [2.05, 4.69) is 53.1 Å². The molecule has 0 amide bonds. The van der Waals surface area contributed by atoms with Gasteiger partial charge < -0.3 is 5.32 Å². The highest BCUT2D eigenvalue weighted by atomic mass is 79.9. The molecule has 0 bridgehead atoms. The van der Waals surface area contributed by atoms with Gasteiger partial charge in [-0.15, -0.1) is 0 Å². The van der Waals surface area contributed by atoms with E-state index in [1.807, 2.05) is 0 Å². The molecule has 0 unspecified atom stereocenters. The van der Waals surface area contributed by atoms with Crippen LogP contribution >= 0.6 is 15.9 Å². The lowest BCUT2D eigenvalue weighted by Crippen LogP contribution is -2.20. The third-order valence-corrected chi connectivity index (χ3v) is 2.19. The second kappa shape index (κ2) is 4.63. The zero-order chi connectivity index (χ0) is 11.5. The Morgan fingerprint density at radius 3 is 2.73 bits per heavy atom. The van der Waals surface area contributed by atoms with Crippen LogP contribution in [-0.2, 0) is 0 Å². The number of aromatic nitrogens is 1. The number of pyridine rings is 1. The van der Waals surface area contributed by atoms with E-state index in [4.69, 9.17) is 5.26 Å². The van der Waals surface area contributed by atoms with Crippen LogP contribution in [-0.4, -0.2) is 11.5 Å². The van der Waals surface area contributed by atoms with Crippen LogP contribution in [0.5, 0.6) is 0 Å². The topological polar surface area (TPSA) is 48.7 Å². The van der Waals surface area contributed by atoms with Gasteiger partial charge in [-0.25, -0.2) is 4.98 Å². The van der Waals surface area contributed by atoms with E-state index in [1.54, 1.807) is 12.3 Å². The monoisotopic (exact) mass is 267 g/mol. The molecule has 1 aromatic rings. The molecule has 0 aliphatic rings. The maximum atomic E-state index is 8.92. The van der Waals surface area contributed by atoms with E-state index in [0.29, 0.717) is 11.4 Å². The van der Waals surface area contributed by atoms with Crippen LogP contribution in [0.15, 0.2) is 16.7 Å². The first-order valence-electron chi connectivity index (χ1n) is 4.72. The van der Waals surface area contributed by atoms with Crippen molar-refractivity contribution >= 4 is 21.7 Å². The van der Waals surface area contributed by atoms with Crippen LogP contribution in [0.3, 0.4) is 0 Å². The van der Waals surface area contributed by atoms with Crippen molar-refractivity contribution in [1.29, 1.82) is 5.26 Å². The van der Waals surface area contributed by atoms with E-state index in [9.17, 15) is 0 Å². The molecule has 0 spiro atoms. The number of nitrogens with one attached hydrogen (secondary N) is 1. The SMILES string of the molecule is CC(C)(C)CNc1ncc(Br)cc1C#N. The molecule has 0 atom stereocenters. The number of halogens is 1. The molecule has 80 valence electrons. The third-order valence-electron chi connectivity index (χ3n) is 1.76. The van der Waals surface area contributed by atoms with Gasteiger partial charge in [0.2, 0.25) is 0 Å². The summed E-state index contributed by atoms with van der Waals surface area (Å²) in [6.45, 7) is 7.18. The molecule has 0 aliphatic carbocycles. The van der Waals surface area contributed by atoms with Gasteiger partial charge in [0.1, 0.15) is 11.9 Å². The predicted octanol–water partition coefficient (Wildman–Crippen LogP) is 3.17. The quantitative estimate of drug-likeness (QED) is 0.896. The molecule has 1 rings (SSSR count). The summed E-state index contributed by atoms with van der Waals surface area (Å²) in [5.74, 6) is 0.649. The Kier molecular flexibility index (Phi) is 3.70. The van der Waals surface area contributed by atoms with Gasteiger partial charge in [0.25, 0.3) is 0 Å². The Labute approximate surface area is 98.7 Å². The summed E-state index contributed by atoms with van der Waals surface area (Å²) < 4.78 is 0.820. The molecule has 15 heavy (non-hydrogen) atoms. The van der Waals surface area contributed by atoms with Crippen LogP contribution in [0.4, 0.5) is 5.82 Å². The first-order valence-corrected chi connectivity index (χ1v) is 5.51. The minimum atomic E-state index is 0.168. The van der Waals surface area contributed by atoms with E-state index in [0.717, 1.165) is 11.0 Å². The van der Waals surface area contributed by atoms with Crippen LogP contribution in [0, 0.1) is 16.7 Å². The molecule has 1 aromatic heterocycles. The minimum Gasteiger partial charge on any atom is -0.368 e. The van der Waals surface area contributed by atoms with Crippen LogP contribution in [0.2, 0.25) is 0 Å². The molecule has 1 N–H and O–H groups in total. The normalized spacial score (nSPS) is 10.9. The van der Waals surface area contributed by atoms with Crippen molar-refractivity contribution in [3.05, 3.63) is 22.3 Å². The molecular weight excluding hydrogens is 254 g/mol. The molecule has 0 saturated heterocycles. The predicted molar refractivity (Wildman–Crippen MR) is 64.6 cm³/mol. The summed E-state index contributed by atoms with van der Waals surface area (Å²) in [6, 6.07) is 3.88. The van der Waals surface area contributed by atoms with Gasteiger partial charge in [-0.2, -0.15) is 5.26 Å². The zero-order valence-corrected chi connectivity index (χ0v) is 10.7. The second-order valence-electron chi connectivity index (χ2n) is 4.58. The average Bonchev–Trinajstić information content (AvgIpc) is 2.14. The van der Waals surface area contributed by atoms with E-state index < -0.39 is 0 Å². The molecule has 1 heterocycles. The van der Waals surface area contributed by atoms with Crippen molar-refractivity contribution in [3.8, 4) is 6.07 Å². The molecule has 4 heteroatoms. The van der Waals surface area contributed by atoms with Crippen molar-refractivity contribution in [1.82, 2.24) is 4.98 Å². The molecule has 0 saturated carbocycles. The Bertz CT molecular complexity index is 388. The van der Waals surface area contributed by atoms with Gasteiger partial charge in [-0.3, -0.25) is 0 Å². The largest absolute Gasteiger partial charge is 0.368 e. The molecule has 0 radical (unpaired) electrons.